The van der Waals surface area contributed by atoms with Crippen LogP contribution in [-0.2, 0) is 16.2 Å². The van der Waals surface area contributed by atoms with Gasteiger partial charge in [0.1, 0.15) is 5.82 Å². The minimum absolute atomic E-state index is 0.0416. The van der Waals surface area contributed by atoms with Crippen molar-refractivity contribution in [3.8, 4) is 0 Å². The lowest BCUT2D eigenvalue weighted by Crippen LogP contribution is -2.29. The lowest BCUT2D eigenvalue weighted by molar-refractivity contribution is -0.141. The summed E-state index contributed by atoms with van der Waals surface area (Å²) in [6.45, 7) is 0.187. The van der Waals surface area contributed by atoms with E-state index >= 15 is 0 Å². The van der Waals surface area contributed by atoms with E-state index in [1.165, 1.54) is 12.1 Å². The Labute approximate surface area is 130 Å². The van der Waals surface area contributed by atoms with Gasteiger partial charge in [0, 0.05) is 13.1 Å². The highest BCUT2D eigenvalue weighted by molar-refractivity contribution is 7.89. The van der Waals surface area contributed by atoms with Crippen LogP contribution in [0.1, 0.15) is 5.69 Å². The van der Waals surface area contributed by atoms with Crippen LogP contribution in [0.3, 0.4) is 0 Å². The summed E-state index contributed by atoms with van der Waals surface area (Å²) in [5, 5.41) is 9.11. The van der Waals surface area contributed by atoms with Crippen molar-refractivity contribution in [2.45, 2.75) is 11.1 Å². The number of aromatic nitrogens is 2. The van der Waals surface area contributed by atoms with Crippen LogP contribution in [0.4, 0.5) is 19.0 Å². The van der Waals surface area contributed by atoms with Crippen molar-refractivity contribution >= 4 is 15.8 Å². The molecule has 2 N–H and O–H groups in total. The largest absolute Gasteiger partial charge is 0.435 e. The molecule has 0 unspecified atom stereocenters. The summed E-state index contributed by atoms with van der Waals surface area (Å²) < 4.78 is 63.1. The maximum atomic E-state index is 12.3. The Kier molecular flexibility index (Phi) is 5.16. The summed E-state index contributed by atoms with van der Waals surface area (Å²) in [7, 11) is -3.62. The van der Waals surface area contributed by atoms with Crippen LogP contribution in [0.15, 0.2) is 47.4 Å². The third kappa shape index (κ3) is 4.89. The first-order valence-corrected chi connectivity index (χ1v) is 7.97. The maximum Gasteiger partial charge on any atom is 0.435 e. The van der Waals surface area contributed by atoms with Gasteiger partial charge in [-0.1, -0.05) is 18.2 Å². The molecule has 0 saturated carbocycles. The van der Waals surface area contributed by atoms with Crippen LogP contribution in [0.5, 0.6) is 0 Å². The number of alkyl halides is 3. The van der Waals surface area contributed by atoms with E-state index in [1.807, 2.05) is 0 Å². The second kappa shape index (κ2) is 6.92. The van der Waals surface area contributed by atoms with Crippen LogP contribution in [0.2, 0.25) is 0 Å². The van der Waals surface area contributed by atoms with Gasteiger partial charge in [-0.3, -0.25) is 0 Å². The van der Waals surface area contributed by atoms with Crippen molar-refractivity contribution in [3.63, 3.8) is 0 Å². The number of anilines is 1. The highest BCUT2D eigenvalue weighted by atomic mass is 32.2. The first kappa shape index (κ1) is 17.2. The number of halogens is 3. The number of sulfonamides is 1. The Bertz CT molecular complexity index is 734. The van der Waals surface area contributed by atoms with Crippen molar-refractivity contribution in [3.05, 3.63) is 48.2 Å². The second-order valence-corrected chi connectivity index (χ2v) is 6.21. The maximum absolute atomic E-state index is 12.3. The van der Waals surface area contributed by atoms with E-state index in [-0.39, 0.29) is 23.8 Å². The SMILES string of the molecule is O=S(=O)(NCCNc1ccc(C(F)(F)F)nn1)c1ccccc1. The Balaban J connectivity index is 1.84. The molecule has 0 spiro atoms. The summed E-state index contributed by atoms with van der Waals surface area (Å²) in [6, 6.07) is 9.73. The van der Waals surface area contributed by atoms with Crippen molar-refractivity contribution in [2.75, 3.05) is 18.4 Å². The summed E-state index contributed by atoms with van der Waals surface area (Å²) in [5.74, 6) is 0.122. The third-order valence-corrected chi connectivity index (χ3v) is 4.21. The lowest BCUT2D eigenvalue weighted by Gasteiger charge is -2.09. The molecule has 0 amide bonds. The summed E-state index contributed by atoms with van der Waals surface area (Å²) in [6.07, 6.45) is -4.54. The van der Waals surface area contributed by atoms with Crippen LogP contribution in [0, 0.1) is 0 Å². The van der Waals surface area contributed by atoms with Crippen LogP contribution in [-0.4, -0.2) is 31.7 Å². The molecular formula is C13H13F3N4O2S. The first-order valence-electron chi connectivity index (χ1n) is 6.48. The zero-order valence-electron chi connectivity index (χ0n) is 11.7. The first-order chi connectivity index (χ1) is 10.8. The fraction of sp³-hybridized carbons (Fsp3) is 0.231. The van der Waals surface area contributed by atoms with E-state index < -0.39 is 21.9 Å². The minimum Gasteiger partial charge on any atom is -0.367 e. The molecule has 0 fully saturated rings. The molecule has 1 aromatic carbocycles. The van der Waals surface area contributed by atoms with Crippen molar-refractivity contribution < 1.29 is 21.6 Å². The van der Waals surface area contributed by atoms with Gasteiger partial charge in [-0.05, 0) is 24.3 Å². The number of nitrogens with one attached hydrogen (secondary N) is 2. The average molecular weight is 346 g/mol. The Morgan fingerprint density at radius 3 is 2.22 bits per heavy atom. The standard InChI is InChI=1S/C13H13F3N4O2S/c14-13(15,16)11-6-7-12(20-19-11)17-8-9-18-23(21,22)10-4-2-1-3-5-10/h1-7,18H,8-9H2,(H,17,20). The summed E-state index contributed by atoms with van der Waals surface area (Å²) >= 11 is 0. The molecule has 2 rings (SSSR count). The number of nitrogens with zero attached hydrogens (tertiary/aromatic N) is 2. The van der Waals surface area contributed by atoms with Gasteiger partial charge in [-0.15, -0.1) is 10.2 Å². The van der Waals surface area contributed by atoms with Gasteiger partial charge in [0.05, 0.1) is 4.90 Å². The zero-order chi connectivity index (χ0) is 16.9. The van der Waals surface area contributed by atoms with Gasteiger partial charge in [0.25, 0.3) is 0 Å². The number of hydrogen-bond donors (Lipinski definition) is 2. The molecule has 10 heteroatoms. The normalized spacial score (nSPS) is 12.1. The van der Waals surface area contributed by atoms with E-state index in [2.05, 4.69) is 20.2 Å². The molecule has 0 aliphatic heterocycles. The topological polar surface area (TPSA) is 84.0 Å². The molecule has 0 aliphatic carbocycles. The van der Waals surface area contributed by atoms with E-state index in [9.17, 15) is 21.6 Å². The van der Waals surface area contributed by atoms with Gasteiger partial charge >= 0.3 is 6.18 Å². The highest BCUT2D eigenvalue weighted by Gasteiger charge is 2.32. The monoisotopic (exact) mass is 346 g/mol. The fourth-order valence-corrected chi connectivity index (χ4v) is 2.69. The Hall–Kier alpha value is -2.20. The molecule has 0 bridgehead atoms. The van der Waals surface area contributed by atoms with Crippen LogP contribution >= 0.6 is 0 Å². The Morgan fingerprint density at radius 2 is 1.65 bits per heavy atom. The lowest BCUT2D eigenvalue weighted by atomic mass is 10.4. The van der Waals surface area contributed by atoms with Gasteiger partial charge in [-0.25, -0.2) is 13.1 Å². The second-order valence-electron chi connectivity index (χ2n) is 4.44. The molecule has 0 saturated heterocycles. The molecule has 23 heavy (non-hydrogen) atoms. The predicted molar refractivity (Wildman–Crippen MR) is 77.2 cm³/mol. The van der Waals surface area contributed by atoms with Crippen molar-refractivity contribution in [2.24, 2.45) is 0 Å². The van der Waals surface area contributed by atoms with Crippen LogP contribution in [0.25, 0.3) is 0 Å². The molecule has 0 atom stereocenters. The van der Waals surface area contributed by atoms with Crippen LogP contribution < -0.4 is 10.0 Å². The molecule has 2 aromatic rings. The number of rotatable bonds is 6. The summed E-state index contributed by atoms with van der Waals surface area (Å²) in [4.78, 5) is 0.134. The molecule has 0 aliphatic rings. The van der Waals surface area contributed by atoms with E-state index in [4.69, 9.17) is 0 Å². The molecule has 1 heterocycles. The molecule has 6 nitrogen and oxygen atoms in total. The quantitative estimate of drug-likeness (QED) is 0.781. The Morgan fingerprint density at radius 1 is 0.957 bits per heavy atom. The predicted octanol–water partition coefficient (Wildman–Crippen LogP) is 1.89. The third-order valence-electron chi connectivity index (χ3n) is 2.73. The van der Waals surface area contributed by atoms with Gasteiger partial charge in [-0.2, -0.15) is 13.2 Å². The molecule has 124 valence electrons. The van der Waals surface area contributed by atoms with Crippen molar-refractivity contribution in [1.29, 1.82) is 0 Å². The van der Waals surface area contributed by atoms with Gasteiger partial charge < -0.3 is 5.32 Å². The highest BCUT2D eigenvalue weighted by Crippen LogP contribution is 2.26. The fourth-order valence-electron chi connectivity index (χ4n) is 1.64. The molecular weight excluding hydrogens is 333 g/mol. The van der Waals surface area contributed by atoms with Crippen molar-refractivity contribution in [1.82, 2.24) is 14.9 Å². The van der Waals surface area contributed by atoms with Gasteiger partial charge in [0.2, 0.25) is 10.0 Å². The number of benzene rings is 1. The average Bonchev–Trinajstić information content (AvgIpc) is 2.52. The van der Waals surface area contributed by atoms with E-state index in [0.29, 0.717) is 0 Å². The summed E-state index contributed by atoms with van der Waals surface area (Å²) in [5.41, 5.74) is -1.09. The minimum atomic E-state index is -4.54. The molecule has 0 radical (unpaired) electrons. The smallest absolute Gasteiger partial charge is 0.367 e. The molecule has 1 aromatic heterocycles. The van der Waals surface area contributed by atoms with E-state index in [0.717, 1.165) is 12.1 Å². The number of hydrogen-bond acceptors (Lipinski definition) is 5. The van der Waals surface area contributed by atoms with E-state index in [1.54, 1.807) is 18.2 Å². The zero-order valence-corrected chi connectivity index (χ0v) is 12.5. The van der Waals surface area contributed by atoms with Gasteiger partial charge in [0.15, 0.2) is 5.69 Å².